The standard InChI is InChI=1S/C39H36F10O2/c1-2-3-4-5-6-7-23-8-10-24(11-9-23)25-12-15-30(31(40)18-25)27-20-34(43)37(35(44)21-27)38(45,46)50-28-14-16-29(32(41)22-28)26-13-17-36(33(42)19-26)51-39(47,48)49/h12-24H,2-11H2,1H3. The number of alkyl halides is 5. The van der Waals surface area contributed by atoms with Gasteiger partial charge in [-0.05, 0) is 96.7 Å². The van der Waals surface area contributed by atoms with Gasteiger partial charge in [-0.2, -0.15) is 8.78 Å². The molecule has 0 atom stereocenters. The maximum atomic E-state index is 15.3. The second kappa shape index (κ2) is 16.0. The van der Waals surface area contributed by atoms with Gasteiger partial charge in [-0.25, -0.2) is 22.0 Å². The lowest BCUT2D eigenvalue weighted by atomic mass is 9.77. The van der Waals surface area contributed by atoms with Gasteiger partial charge in [0.25, 0.3) is 0 Å². The monoisotopic (exact) mass is 726 g/mol. The third kappa shape index (κ3) is 9.56. The largest absolute Gasteiger partial charge is 0.573 e. The van der Waals surface area contributed by atoms with E-state index in [9.17, 15) is 22.0 Å². The molecule has 1 saturated carbocycles. The van der Waals surface area contributed by atoms with Crippen molar-refractivity contribution in [2.75, 3.05) is 0 Å². The van der Waals surface area contributed by atoms with Gasteiger partial charge >= 0.3 is 12.5 Å². The van der Waals surface area contributed by atoms with E-state index in [0.717, 1.165) is 49.4 Å². The van der Waals surface area contributed by atoms with Gasteiger partial charge < -0.3 is 9.47 Å². The SMILES string of the molecule is CCCCCCCC1CCC(c2ccc(-c3cc(F)c(C(F)(F)Oc4ccc(-c5ccc(OC(F)(F)F)c(F)c5)c(F)c4)c(F)c3)c(F)c2)CC1. The summed E-state index contributed by atoms with van der Waals surface area (Å²) in [4.78, 5) is 0. The van der Waals surface area contributed by atoms with Gasteiger partial charge in [0.15, 0.2) is 11.6 Å². The minimum absolute atomic E-state index is 0.148. The van der Waals surface area contributed by atoms with Crippen LogP contribution < -0.4 is 9.47 Å². The number of ether oxygens (including phenoxy) is 2. The van der Waals surface area contributed by atoms with Crippen LogP contribution in [0.1, 0.15) is 88.2 Å². The molecular formula is C39H36F10O2. The van der Waals surface area contributed by atoms with E-state index in [1.54, 1.807) is 6.07 Å². The maximum absolute atomic E-state index is 15.3. The molecule has 0 spiro atoms. The van der Waals surface area contributed by atoms with Crippen molar-refractivity contribution in [1.82, 2.24) is 0 Å². The van der Waals surface area contributed by atoms with E-state index in [1.165, 1.54) is 50.7 Å². The van der Waals surface area contributed by atoms with Crippen molar-refractivity contribution in [1.29, 1.82) is 0 Å². The number of rotatable bonds is 13. The van der Waals surface area contributed by atoms with Crippen LogP contribution in [0.5, 0.6) is 11.5 Å². The van der Waals surface area contributed by atoms with Gasteiger partial charge in [0, 0.05) is 17.2 Å². The average Bonchev–Trinajstić information content (AvgIpc) is 3.05. The van der Waals surface area contributed by atoms with Gasteiger partial charge in [-0.3, -0.25) is 0 Å². The highest BCUT2D eigenvalue weighted by Crippen LogP contribution is 2.41. The summed E-state index contributed by atoms with van der Waals surface area (Å²) < 4.78 is 150. The first-order valence-electron chi connectivity index (χ1n) is 16.9. The second-order valence-corrected chi connectivity index (χ2v) is 12.9. The number of hydrogen-bond acceptors (Lipinski definition) is 2. The minimum atomic E-state index is -5.18. The fourth-order valence-electron chi connectivity index (χ4n) is 6.72. The van der Waals surface area contributed by atoms with Crippen LogP contribution >= 0.6 is 0 Å². The van der Waals surface area contributed by atoms with Gasteiger partial charge in [0.05, 0.1) is 0 Å². The first-order valence-corrected chi connectivity index (χ1v) is 16.9. The summed E-state index contributed by atoms with van der Waals surface area (Å²) >= 11 is 0. The lowest BCUT2D eigenvalue weighted by Gasteiger charge is -2.29. The highest BCUT2D eigenvalue weighted by Gasteiger charge is 2.41. The molecule has 0 unspecified atom stereocenters. The highest BCUT2D eigenvalue weighted by atomic mass is 19.4. The first kappa shape index (κ1) is 38.0. The van der Waals surface area contributed by atoms with Gasteiger partial charge in [0.2, 0.25) is 0 Å². The molecule has 0 aliphatic heterocycles. The molecule has 12 heteroatoms. The summed E-state index contributed by atoms with van der Waals surface area (Å²) in [7, 11) is 0. The molecule has 0 N–H and O–H groups in total. The zero-order valence-corrected chi connectivity index (χ0v) is 27.7. The molecule has 1 fully saturated rings. The van der Waals surface area contributed by atoms with E-state index < -0.39 is 64.2 Å². The van der Waals surface area contributed by atoms with E-state index in [2.05, 4.69) is 16.4 Å². The topological polar surface area (TPSA) is 18.5 Å². The Morgan fingerprint density at radius 2 is 1.20 bits per heavy atom. The third-order valence-electron chi connectivity index (χ3n) is 9.33. The molecule has 0 heterocycles. The van der Waals surface area contributed by atoms with E-state index >= 15 is 22.0 Å². The Hall–Kier alpha value is -4.22. The molecule has 51 heavy (non-hydrogen) atoms. The summed E-state index contributed by atoms with van der Waals surface area (Å²) in [6.07, 6.45) is 1.41. The van der Waals surface area contributed by atoms with Crippen LogP contribution in [-0.2, 0) is 6.11 Å². The Morgan fingerprint density at radius 3 is 1.80 bits per heavy atom. The molecule has 1 aliphatic carbocycles. The smallest absolute Gasteiger partial charge is 0.429 e. The quantitative estimate of drug-likeness (QED) is 0.101. The first-order chi connectivity index (χ1) is 24.1. The second-order valence-electron chi connectivity index (χ2n) is 12.9. The van der Waals surface area contributed by atoms with Crippen molar-refractivity contribution in [3.63, 3.8) is 0 Å². The predicted octanol–water partition coefficient (Wildman–Crippen LogP) is 13.4. The normalized spacial score (nSPS) is 16.7. The molecule has 0 amide bonds. The van der Waals surface area contributed by atoms with Crippen LogP contribution in [-0.4, -0.2) is 6.36 Å². The molecule has 274 valence electrons. The van der Waals surface area contributed by atoms with Crippen LogP contribution in [0.15, 0.2) is 66.7 Å². The molecule has 2 nitrogen and oxygen atoms in total. The Morgan fingerprint density at radius 1 is 0.588 bits per heavy atom. The predicted molar refractivity (Wildman–Crippen MR) is 173 cm³/mol. The summed E-state index contributed by atoms with van der Waals surface area (Å²) in [5, 5.41) is 0. The van der Waals surface area contributed by atoms with E-state index in [0.29, 0.717) is 36.2 Å². The zero-order chi connectivity index (χ0) is 36.9. The summed E-state index contributed by atoms with van der Waals surface area (Å²) in [5.41, 5.74) is -2.18. The fourth-order valence-corrected chi connectivity index (χ4v) is 6.72. The number of benzene rings is 4. The summed E-state index contributed by atoms with van der Waals surface area (Å²) in [6.45, 7) is 2.18. The fraction of sp³-hybridized carbons (Fsp3) is 0.385. The van der Waals surface area contributed by atoms with Crippen molar-refractivity contribution >= 4 is 0 Å². The maximum Gasteiger partial charge on any atom is 0.573 e. The molecule has 4 aromatic rings. The van der Waals surface area contributed by atoms with E-state index in [4.69, 9.17) is 0 Å². The third-order valence-corrected chi connectivity index (χ3v) is 9.33. The van der Waals surface area contributed by atoms with Crippen molar-refractivity contribution in [2.24, 2.45) is 5.92 Å². The lowest BCUT2D eigenvalue weighted by molar-refractivity contribution is -0.275. The summed E-state index contributed by atoms with van der Waals surface area (Å²) in [5.74, 6) is -8.19. The van der Waals surface area contributed by atoms with Gasteiger partial charge in [-0.15, -0.1) is 13.2 Å². The Kier molecular flexibility index (Phi) is 11.9. The van der Waals surface area contributed by atoms with Gasteiger partial charge in [0.1, 0.15) is 34.6 Å². The Labute approximate surface area is 289 Å². The molecule has 0 radical (unpaired) electrons. The molecule has 0 bridgehead atoms. The number of hydrogen-bond donors (Lipinski definition) is 0. The zero-order valence-electron chi connectivity index (χ0n) is 27.7. The highest BCUT2D eigenvalue weighted by molar-refractivity contribution is 5.67. The van der Waals surface area contributed by atoms with Crippen LogP contribution in [0, 0.1) is 35.0 Å². The van der Waals surface area contributed by atoms with Crippen molar-refractivity contribution in [3.05, 3.63) is 107 Å². The Balaban J connectivity index is 1.26. The number of unbranched alkanes of at least 4 members (excludes halogenated alkanes) is 4. The van der Waals surface area contributed by atoms with Crippen molar-refractivity contribution in [3.8, 4) is 33.8 Å². The molecule has 0 saturated heterocycles. The number of halogens is 10. The van der Waals surface area contributed by atoms with E-state index in [-0.39, 0.29) is 22.6 Å². The molecule has 4 aromatic carbocycles. The van der Waals surface area contributed by atoms with Crippen LogP contribution in [0.25, 0.3) is 22.3 Å². The molecule has 5 rings (SSSR count). The van der Waals surface area contributed by atoms with E-state index in [1.807, 2.05) is 0 Å². The van der Waals surface area contributed by atoms with Crippen LogP contribution in [0.3, 0.4) is 0 Å². The molecular weight excluding hydrogens is 690 g/mol. The molecule has 0 aromatic heterocycles. The van der Waals surface area contributed by atoms with Crippen LogP contribution in [0.4, 0.5) is 43.9 Å². The van der Waals surface area contributed by atoms with Crippen molar-refractivity contribution in [2.45, 2.75) is 89.5 Å². The lowest BCUT2D eigenvalue weighted by Crippen LogP contribution is -2.25. The molecule has 1 aliphatic rings. The Bertz CT molecular complexity index is 1790. The minimum Gasteiger partial charge on any atom is -0.429 e. The van der Waals surface area contributed by atoms with Crippen LogP contribution in [0.2, 0.25) is 0 Å². The summed E-state index contributed by atoms with van der Waals surface area (Å²) in [6, 6.07) is 9.65. The average molecular weight is 727 g/mol. The van der Waals surface area contributed by atoms with Gasteiger partial charge in [-0.1, -0.05) is 63.6 Å². The van der Waals surface area contributed by atoms with Crippen molar-refractivity contribution < 1.29 is 53.4 Å².